The second-order valence-corrected chi connectivity index (χ2v) is 5.37. The fourth-order valence-electron chi connectivity index (χ4n) is 3.20. The van der Waals surface area contributed by atoms with Crippen LogP contribution in [-0.2, 0) is 4.74 Å². The average Bonchev–Trinajstić information content (AvgIpc) is 2.41. The minimum Gasteiger partial charge on any atom is -0.379 e. The fourth-order valence-corrected chi connectivity index (χ4v) is 3.20. The lowest BCUT2D eigenvalue weighted by Gasteiger charge is -2.49. The minimum atomic E-state index is 0.258. The zero-order valence-electron chi connectivity index (χ0n) is 11.2. The Bertz CT molecular complexity index is 221. The molecular formula is C13H27N3O. The molecule has 0 spiro atoms. The van der Waals surface area contributed by atoms with Crippen LogP contribution in [0.15, 0.2) is 0 Å². The van der Waals surface area contributed by atoms with Crippen molar-refractivity contribution in [2.75, 3.05) is 52.5 Å². The Labute approximate surface area is 105 Å². The first kappa shape index (κ1) is 13.3. The molecule has 0 amide bonds. The number of piperidine rings is 1. The molecule has 100 valence electrons. The molecule has 0 aromatic heterocycles. The summed E-state index contributed by atoms with van der Waals surface area (Å²) >= 11 is 0. The van der Waals surface area contributed by atoms with Crippen molar-refractivity contribution in [2.45, 2.75) is 31.7 Å². The molecule has 2 aliphatic heterocycles. The Balaban J connectivity index is 1.92. The molecule has 0 aromatic carbocycles. The predicted octanol–water partition coefficient (Wildman–Crippen LogP) is 0.522. The third kappa shape index (κ3) is 2.99. The van der Waals surface area contributed by atoms with Gasteiger partial charge in [-0.05, 0) is 38.9 Å². The highest BCUT2D eigenvalue weighted by atomic mass is 16.5. The number of likely N-dealkylation sites (tertiary alicyclic amines) is 1. The summed E-state index contributed by atoms with van der Waals surface area (Å²) in [6.45, 7) is 10.6. The highest BCUT2D eigenvalue weighted by molar-refractivity contribution is 4.96. The van der Waals surface area contributed by atoms with E-state index in [-0.39, 0.29) is 5.54 Å². The normalized spacial score (nSPS) is 27.2. The number of hydrogen-bond acceptors (Lipinski definition) is 4. The molecule has 0 aliphatic carbocycles. The molecule has 2 aliphatic rings. The summed E-state index contributed by atoms with van der Waals surface area (Å²) in [5.74, 6) is 0. The van der Waals surface area contributed by atoms with Crippen molar-refractivity contribution in [3.05, 3.63) is 0 Å². The van der Waals surface area contributed by atoms with Gasteiger partial charge in [-0.3, -0.25) is 4.90 Å². The molecule has 2 fully saturated rings. The van der Waals surface area contributed by atoms with Gasteiger partial charge < -0.3 is 15.4 Å². The maximum Gasteiger partial charge on any atom is 0.0594 e. The van der Waals surface area contributed by atoms with E-state index in [9.17, 15) is 0 Å². The molecule has 0 saturated carbocycles. The summed E-state index contributed by atoms with van der Waals surface area (Å²) in [7, 11) is 0. The number of nitrogens with zero attached hydrogens (tertiary/aromatic N) is 2. The van der Waals surface area contributed by atoms with Crippen molar-refractivity contribution in [1.29, 1.82) is 0 Å². The lowest BCUT2D eigenvalue weighted by atomic mass is 9.85. The van der Waals surface area contributed by atoms with Gasteiger partial charge in [-0.2, -0.15) is 0 Å². The second kappa shape index (κ2) is 6.14. The van der Waals surface area contributed by atoms with Crippen molar-refractivity contribution in [3.8, 4) is 0 Å². The zero-order chi connectivity index (χ0) is 12.1. The molecule has 2 saturated heterocycles. The first-order chi connectivity index (χ1) is 8.30. The molecule has 2 rings (SSSR count). The van der Waals surface area contributed by atoms with E-state index in [1.165, 1.54) is 38.9 Å². The summed E-state index contributed by atoms with van der Waals surface area (Å²) in [4.78, 5) is 5.16. The molecular weight excluding hydrogens is 214 g/mol. The van der Waals surface area contributed by atoms with Crippen LogP contribution in [0.3, 0.4) is 0 Å². The molecule has 4 nitrogen and oxygen atoms in total. The van der Waals surface area contributed by atoms with Crippen LogP contribution in [0.5, 0.6) is 0 Å². The lowest BCUT2D eigenvalue weighted by molar-refractivity contribution is -0.0437. The monoisotopic (exact) mass is 241 g/mol. The van der Waals surface area contributed by atoms with Gasteiger partial charge >= 0.3 is 0 Å². The number of hydrogen-bond donors (Lipinski definition) is 1. The van der Waals surface area contributed by atoms with Gasteiger partial charge in [-0.15, -0.1) is 0 Å². The van der Waals surface area contributed by atoms with Crippen LogP contribution in [0, 0.1) is 0 Å². The number of nitrogens with two attached hydrogens (primary N) is 1. The molecule has 0 aromatic rings. The van der Waals surface area contributed by atoms with Crippen molar-refractivity contribution in [2.24, 2.45) is 5.73 Å². The van der Waals surface area contributed by atoms with Crippen molar-refractivity contribution >= 4 is 0 Å². The van der Waals surface area contributed by atoms with Crippen LogP contribution >= 0.6 is 0 Å². The van der Waals surface area contributed by atoms with Gasteiger partial charge in [0.15, 0.2) is 0 Å². The van der Waals surface area contributed by atoms with Gasteiger partial charge in [0, 0.05) is 25.2 Å². The van der Waals surface area contributed by atoms with E-state index in [1.807, 2.05) is 0 Å². The van der Waals surface area contributed by atoms with Crippen LogP contribution in [0.2, 0.25) is 0 Å². The fraction of sp³-hybridized carbons (Fsp3) is 1.00. The van der Waals surface area contributed by atoms with E-state index < -0.39 is 0 Å². The Morgan fingerprint density at radius 1 is 1.12 bits per heavy atom. The van der Waals surface area contributed by atoms with Gasteiger partial charge in [-0.25, -0.2) is 0 Å². The van der Waals surface area contributed by atoms with Crippen LogP contribution in [0.1, 0.15) is 26.2 Å². The number of rotatable bonds is 4. The zero-order valence-corrected chi connectivity index (χ0v) is 11.2. The SMILES string of the molecule is CCCN1CCC(CN)(N2CCOCC2)CC1. The topological polar surface area (TPSA) is 41.7 Å². The quantitative estimate of drug-likeness (QED) is 0.779. The van der Waals surface area contributed by atoms with E-state index >= 15 is 0 Å². The summed E-state index contributed by atoms with van der Waals surface area (Å²) in [6, 6.07) is 0. The van der Waals surface area contributed by atoms with E-state index in [0.717, 1.165) is 32.8 Å². The second-order valence-electron chi connectivity index (χ2n) is 5.37. The van der Waals surface area contributed by atoms with E-state index in [2.05, 4.69) is 16.7 Å². The first-order valence-corrected chi connectivity index (χ1v) is 7.06. The minimum absolute atomic E-state index is 0.258. The smallest absolute Gasteiger partial charge is 0.0594 e. The maximum atomic E-state index is 6.09. The van der Waals surface area contributed by atoms with Gasteiger partial charge in [-0.1, -0.05) is 6.92 Å². The van der Waals surface area contributed by atoms with Crippen LogP contribution < -0.4 is 5.73 Å². The van der Waals surface area contributed by atoms with E-state index in [1.54, 1.807) is 0 Å². The lowest BCUT2D eigenvalue weighted by Crippen LogP contribution is -2.61. The predicted molar refractivity (Wildman–Crippen MR) is 70.1 cm³/mol. The van der Waals surface area contributed by atoms with E-state index in [0.29, 0.717) is 0 Å². The van der Waals surface area contributed by atoms with Crippen LogP contribution in [-0.4, -0.2) is 67.8 Å². The van der Waals surface area contributed by atoms with Crippen molar-refractivity contribution < 1.29 is 4.74 Å². The largest absolute Gasteiger partial charge is 0.379 e. The summed E-state index contributed by atoms with van der Waals surface area (Å²) in [5, 5.41) is 0. The van der Waals surface area contributed by atoms with Crippen LogP contribution in [0.25, 0.3) is 0 Å². The van der Waals surface area contributed by atoms with Gasteiger partial charge in [0.2, 0.25) is 0 Å². The Morgan fingerprint density at radius 3 is 2.29 bits per heavy atom. The number of ether oxygens (including phenoxy) is 1. The standard InChI is InChI=1S/C13H27N3O/c1-2-5-15-6-3-13(12-14,4-7-15)16-8-10-17-11-9-16/h2-12,14H2,1H3. The Kier molecular flexibility index (Phi) is 4.79. The third-order valence-corrected chi connectivity index (χ3v) is 4.39. The molecule has 0 radical (unpaired) electrons. The highest BCUT2D eigenvalue weighted by Gasteiger charge is 2.38. The van der Waals surface area contributed by atoms with Gasteiger partial charge in [0.1, 0.15) is 0 Å². The summed E-state index contributed by atoms with van der Waals surface area (Å²) in [5.41, 5.74) is 6.35. The molecule has 0 bridgehead atoms. The Morgan fingerprint density at radius 2 is 1.76 bits per heavy atom. The maximum absolute atomic E-state index is 6.09. The van der Waals surface area contributed by atoms with Crippen molar-refractivity contribution in [3.63, 3.8) is 0 Å². The summed E-state index contributed by atoms with van der Waals surface area (Å²) in [6.07, 6.45) is 3.71. The molecule has 0 unspecified atom stereocenters. The first-order valence-electron chi connectivity index (χ1n) is 7.06. The molecule has 4 heteroatoms. The molecule has 0 atom stereocenters. The number of morpholine rings is 1. The van der Waals surface area contributed by atoms with Crippen LogP contribution in [0.4, 0.5) is 0 Å². The highest BCUT2D eigenvalue weighted by Crippen LogP contribution is 2.28. The Hall–Kier alpha value is -0.160. The molecule has 17 heavy (non-hydrogen) atoms. The average molecular weight is 241 g/mol. The third-order valence-electron chi connectivity index (χ3n) is 4.39. The van der Waals surface area contributed by atoms with Crippen molar-refractivity contribution in [1.82, 2.24) is 9.80 Å². The summed E-state index contributed by atoms with van der Waals surface area (Å²) < 4.78 is 5.45. The van der Waals surface area contributed by atoms with E-state index in [4.69, 9.17) is 10.5 Å². The van der Waals surface area contributed by atoms with Gasteiger partial charge in [0.05, 0.1) is 13.2 Å². The van der Waals surface area contributed by atoms with Gasteiger partial charge in [0.25, 0.3) is 0 Å². The molecule has 2 N–H and O–H groups in total. The molecule has 2 heterocycles.